The molecular formula is C16H15N3O4. The van der Waals surface area contributed by atoms with E-state index >= 15 is 0 Å². The Hall–Kier alpha value is -3.22. The fourth-order valence-electron chi connectivity index (χ4n) is 2.07. The molecule has 0 fully saturated rings. The lowest BCUT2D eigenvalue weighted by Gasteiger charge is -2.09. The molecule has 2 rings (SSSR count). The van der Waals surface area contributed by atoms with Crippen molar-refractivity contribution in [3.05, 3.63) is 69.3 Å². The number of amides is 2. The third-order valence-electron chi connectivity index (χ3n) is 3.32. The number of carbonyl (C=O) groups excluding carboxylic acids is 2. The van der Waals surface area contributed by atoms with E-state index in [4.69, 9.17) is 0 Å². The topological polar surface area (TPSA) is 101 Å². The fraction of sp³-hybridized carbons (Fsp3) is 0.125. The van der Waals surface area contributed by atoms with Crippen LogP contribution >= 0.6 is 0 Å². The number of hydrogen-bond donors (Lipinski definition) is 2. The van der Waals surface area contributed by atoms with Crippen LogP contribution in [-0.2, 0) is 0 Å². The smallest absolute Gasteiger partial charge is 0.282 e. The molecule has 0 radical (unpaired) electrons. The number of rotatable bonds is 4. The van der Waals surface area contributed by atoms with Gasteiger partial charge in [-0.05, 0) is 30.7 Å². The molecule has 7 nitrogen and oxygen atoms in total. The number of nitro benzene ring substituents is 1. The zero-order valence-corrected chi connectivity index (χ0v) is 12.6. The molecule has 0 aliphatic rings. The van der Waals surface area contributed by atoms with E-state index < -0.39 is 16.7 Å². The van der Waals surface area contributed by atoms with Crippen molar-refractivity contribution in [2.24, 2.45) is 0 Å². The minimum atomic E-state index is -0.652. The fourth-order valence-corrected chi connectivity index (χ4v) is 2.07. The largest absolute Gasteiger partial charge is 0.355 e. The van der Waals surface area contributed by atoms with Gasteiger partial charge in [0.25, 0.3) is 17.5 Å². The number of aryl methyl sites for hydroxylation is 1. The monoisotopic (exact) mass is 313 g/mol. The molecule has 0 spiro atoms. The van der Waals surface area contributed by atoms with E-state index in [1.165, 1.54) is 19.2 Å². The zero-order valence-electron chi connectivity index (χ0n) is 12.6. The van der Waals surface area contributed by atoms with Crippen LogP contribution in [0.3, 0.4) is 0 Å². The van der Waals surface area contributed by atoms with Gasteiger partial charge < -0.3 is 10.6 Å². The molecule has 0 aliphatic heterocycles. The van der Waals surface area contributed by atoms with Crippen molar-refractivity contribution >= 4 is 23.2 Å². The lowest BCUT2D eigenvalue weighted by Crippen LogP contribution is -2.20. The Morgan fingerprint density at radius 3 is 2.39 bits per heavy atom. The molecule has 0 aromatic heterocycles. The van der Waals surface area contributed by atoms with Gasteiger partial charge in [-0.1, -0.05) is 18.2 Å². The van der Waals surface area contributed by atoms with Gasteiger partial charge in [0.1, 0.15) is 5.56 Å². The molecule has 2 aromatic rings. The van der Waals surface area contributed by atoms with Gasteiger partial charge in [-0.3, -0.25) is 19.7 Å². The summed E-state index contributed by atoms with van der Waals surface area (Å²) in [7, 11) is 1.44. The molecule has 0 bridgehead atoms. The summed E-state index contributed by atoms with van der Waals surface area (Å²) in [5, 5.41) is 16.2. The summed E-state index contributed by atoms with van der Waals surface area (Å²) in [5.74, 6) is -1.07. The average Bonchev–Trinajstić information content (AvgIpc) is 2.55. The van der Waals surface area contributed by atoms with Gasteiger partial charge in [-0.25, -0.2) is 0 Å². The predicted octanol–water partition coefficient (Wildman–Crippen LogP) is 2.52. The van der Waals surface area contributed by atoms with Gasteiger partial charge >= 0.3 is 0 Å². The summed E-state index contributed by atoms with van der Waals surface area (Å²) >= 11 is 0. The van der Waals surface area contributed by atoms with E-state index in [2.05, 4.69) is 10.6 Å². The quantitative estimate of drug-likeness (QED) is 0.669. The van der Waals surface area contributed by atoms with Crippen molar-refractivity contribution in [3.8, 4) is 0 Å². The highest BCUT2D eigenvalue weighted by Crippen LogP contribution is 2.22. The summed E-state index contributed by atoms with van der Waals surface area (Å²) in [5.41, 5.74) is 1.03. The molecule has 118 valence electrons. The van der Waals surface area contributed by atoms with Crippen LogP contribution < -0.4 is 10.6 Å². The van der Waals surface area contributed by atoms with Gasteiger partial charge in [0, 0.05) is 24.4 Å². The number of para-hydroxylation sites is 1. The highest BCUT2D eigenvalue weighted by molar-refractivity contribution is 6.09. The summed E-state index contributed by atoms with van der Waals surface area (Å²) < 4.78 is 0. The van der Waals surface area contributed by atoms with E-state index in [1.54, 1.807) is 12.1 Å². The van der Waals surface area contributed by atoms with Gasteiger partial charge in [-0.2, -0.15) is 0 Å². The summed E-state index contributed by atoms with van der Waals surface area (Å²) in [4.78, 5) is 34.5. The van der Waals surface area contributed by atoms with E-state index in [0.29, 0.717) is 5.69 Å². The first-order valence-corrected chi connectivity index (χ1v) is 6.81. The van der Waals surface area contributed by atoms with Crippen molar-refractivity contribution in [2.45, 2.75) is 6.92 Å². The third kappa shape index (κ3) is 3.52. The van der Waals surface area contributed by atoms with Crippen molar-refractivity contribution in [1.82, 2.24) is 5.32 Å². The van der Waals surface area contributed by atoms with E-state index in [9.17, 15) is 19.7 Å². The average molecular weight is 313 g/mol. The van der Waals surface area contributed by atoms with Crippen LogP contribution in [0.1, 0.15) is 26.3 Å². The Bertz CT molecular complexity index is 787. The maximum Gasteiger partial charge on any atom is 0.282 e. The lowest BCUT2D eigenvalue weighted by molar-refractivity contribution is -0.385. The molecule has 23 heavy (non-hydrogen) atoms. The Labute approximate surface area is 132 Å². The normalized spacial score (nSPS) is 10.0. The number of hydrogen-bond acceptors (Lipinski definition) is 4. The van der Waals surface area contributed by atoms with Crippen molar-refractivity contribution < 1.29 is 14.5 Å². The van der Waals surface area contributed by atoms with Gasteiger partial charge in [0.15, 0.2) is 0 Å². The molecule has 0 heterocycles. The Morgan fingerprint density at radius 2 is 1.78 bits per heavy atom. The van der Waals surface area contributed by atoms with E-state index in [1.807, 2.05) is 19.1 Å². The first-order chi connectivity index (χ1) is 10.9. The second kappa shape index (κ2) is 6.69. The minimum Gasteiger partial charge on any atom is -0.355 e. The summed E-state index contributed by atoms with van der Waals surface area (Å²) in [6.45, 7) is 1.81. The van der Waals surface area contributed by atoms with Gasteiger partial charge in [0.05, 0.1) is 4.92 Å². The Balaban J connectivity index is 2.43. The van der Waals surface area contributed by atoms with Crippen LogP contribution in [0.5, 0.6) is 0 Å². The highest BCUT2D eigenvalue weighted by Gasteiger charge is 2.22. The number of nitrogens with zero attached hydrogens (tertiary/aromatic N) is 1. The third-order valence-corrected chi connectivity index (χ3v) is 3.32. The first kappa shape index (κ1) is 16.2. The van der Waals surface area contributed by atoms with E-state index in [-0.39, 0.29) is 16.8 Å². The lowest BCUT2D eigenvalue weighted by atomic mass is 10.1. The maximum absolute atomic E-state index is 12.4. The number of nitrogens with one attached hydrogen (secondary N) is 2. The van der Waals surface area contributed by atoms with Crippen LogP contribution in [0.25, 0.3) is 0 Å². The van der Waals surface area contributed by atoms with E-state index in [0.717, 1.165) is 11.6 Å². The second-order valence-electron chi connectivity index (χ2n) is 4.84. The Morgan fingerprint density at radius 1 is 1.09 bits per heavy atom. The molecular weight excluding hydrogens is 298 g/mol. The Kier molecular flexibility index (Phi) is 4.70. The van der Waals surface area contributed by atoms with Gasteiger partial charge in [-0.15, -0.1) is 0 Å². The van der Waals surface area contributed by atoms with Crippen molar-refractivity contribution in [3.63, 3.8) is 0 Å². The standard InChI is InChI=1S/C16H15N3O4/c1-10-5-3-4-6-13(10)18-16(21)12-9-11(15(20)17-2)7-8-14(12)19(22)23/h3-9H,1-2H3,(H,17,20)(H,18,21). The van der Waals surface area contributed by atoms with Crippen LogP contribution in [0, 0.1) is 17.0 Å². The number of carbonyl (C=O) groups is 2. The molecule has 7 heteroatoms. The molecule has 2 N–H and O–H groups in total. The van der Waals surface area contributed by atoms with Crippen LogP contribution in [0.2, 0.25) is 0 Å². The van der Waals surface area contributed by atoms with Gasteiger partial charge in [0.2, 0.25) is 0 Å². The van der Waals surface area contributed by atoms with Crippen molar-refractivity contribution in [2.75, 3.05) is 12.4 Å². The maximum atomic E-state index is 12.4. The number of anilines is 1. The molecule has 0 aliphatic carbocycles. The molecule has 0 atom stereocenters. The van der Waals surface area contributed by atoms with Crippen LogP contribution in [0.15, 0.2) is 42.5 Å². The molecule has 0 unspecified atom stereocenters. The second-order valence-corrected chi connectivity index (χ2v) is 4.84. The van der Waals surface area contributed by atoms with Crippen LogP contribution in [0.4, 0.5) is 11.4 Å². The minimum absolute atomic E-state index is 0.167. The SMILES string of the molecule is CNC(=O)c1ccc([N+](=O)[O-])c(C(=O)Nc2ccccc2C)c1. The first-order valence-electron chi connectivity index (χ1n) is 6.81. The summed E-state index contributed by atoms with van der Waals surface area (Å²) in [6.07, 6.45) is 0. The highest BCUT2D eigenvalue weighted by atomic mass is 16.6. The van der Waals surface area contributed by atoms with Crippen molar-refractivity contribution in [1.29, 1.82) is 0 Å². The predicted molar refractivity (Wildman–Crippen MR) is 85.6 cm³/mol. The molecule has 0 saturated heterocycles. The number of nitro groups is 1. The molecule has 2 amide bonds. The zero-order chi connectivity index (χ0) is 17.0. The summed E-state index contributed by atoms with van der Waals surface area (Å²) in [6, 6.07) is 10.7. The molecule has 0 saturated carbocycles. The molecule has 2 aromatic carbocycles. The van der Waals surface area contributed by atoms with Crippen LogP contribution in [-0.4, -0.2) is 23.8 Å². The number of benzene rings is 2.